The summed E-state index contributed by atoms with van der Waals surface area (Å²) in [5, 5.41) is 3.12. The number of aryl methyl sites for hydroxylation is 1. The zero-order valence-corrected chi connectivity index (χ0v) is 15.1. The Balaban J connectivity index is 1.75. The highest BCUT2D eigenvalue weighted by Gasteiger charge is 2.21. The summed E-state index contributed by atoms with van der Waals surface area (Å²) in [5.74, 6) is 0.539. The van der Waals surface area contributed by atoms with E-state index >= 15 is 0 Å². The summed E-state index contributed by atoms with van der Waals surface area (Å²) in [7, 11) is 0. The second-order valence-electron chi connectivity index (χ2n) is 6.34. The molecule has 0 aromatic heterocycles. The molecule has 1 N–H and O–H groups in total. The predicted octanol–water partition coefficient (Wildman–Crippen LogP) is 4.67. The van der Waals surface area contributed by atoms with Crippen LogP contribution in [0.3, 0.4) is 0 Å². The van der Waals surface area contributed by atoms with Crippen LogP contribution in [0.4, 0.5) is 0 Å². The van der Waals surface area contributed by atoms with Crippen molar-refractivity contribution in [2.75, 3.05) is 0 Å². The first-order chi connectivity index (χ1) is 12.6. The highest BCUT2D eigenvalue weighted by Crippen LogP contribution is 2.22. The third-order valence-corrected chi connectivity index (χ3v) is 4.26. The first-order valence-electron chi connectivity index (χ1n) is 8.77. The summed E-state index contributed by atoms with van der Waals surface area (Å²) in [4.78, 5) is 12.7. The molecule has 0 spiro atoms. The van der Waals surface area contributed by atoms with E-state index in [2.05, 4.69) is 5.32 Å². The molecule has 1 amide bonds. The summed E-state index contributed by atoms with van der Waals surface area (Å²) >= 11 is 0. The average molecular weight is 345 g/mol. The minimum Gasteiger partial charge on any atom is -0.481 e. The fourth-order valence-electron chi connectivity index (χ4n) is 2.78. The Hall–Kier alpha value is -3.07. The van der Waals surface area contributed by atoms with Crippen LogP contribution in [0.25, 0.3) is 0 Å². The largest absolute Gasteiger partial charge is 0.481 e. The highest BCUT2D eigenvalue weighted by atomic mass is 16.5. The van der Waals surface area contributed by atoms with Crippen molar-refractivity contribution in [2.45, 2.75) is 26.0 Å². The number of carbonyl (C=O) groups excluding carboxylic acids is 1. The molecule has 3 aromatic rings. The van der Waals surface area contributed by atoms with Gasteiger partial charge < -0.3 is 10.1 Å². The molecule has 0 aliphatic carbocycles. The van der Waals surface area contributed by atoms with Crippen LogP contribution in [-0.4, -0.2) is 12.0 Å². The molecule has 3 nitrogen and oxygen atoms in total. The molecule has 0 saturated heterocycles. The van der Waals surface area contributed by atoms with Gasteiger partial charge in [0.2, 0.25) is 0 Å². The molecule has 0 unspecified atom stereocenters. The van der Waals surface area contributed by atoms with E-state index in [0.717, 1.165) is 16.7 Å². The molecule has 0 radical (unpaired) electrons. The molecule has 0 fully saturated rings. The summed E-state index contributed by atoms with van der Waals surface area (Å²) in [5.41, 5.74) is 3.23. The quantitative estimate of drug-likeness (QED) is 0.705. The third-order valence-electron chi connectivity index (χ3n) is 4.26. The van der Waals surface area contributed by atoms with Crippen molar-refractivity contribution in [1.29, 1.82) is 0 Å². The number of rotatable bonds is 6. The molecule has 0 saturated carbocycles. The first kappa shape index (κ1) is 17.7. The summed E-state index contributed by atoms with van der Waals surface area (Å²) < 4.78 is 5.79. The third kappa shape index (κ3) is 4.51. The second kappa shape index (κ2) is 8.34. The maximum Gasteiger partial charge on any atom is 0.261 e. The van der Waals surface area contributed by atoms with Crippen LogP contribution in [0, 0.1) is 6.92 Å². The lowest BCUT2D eigenvalue weighted by Crippen LogP contribution is -2.39. The number of nitrogens with one attached hydrogen (secondary N) is 1. The number of amides is 1. The number of hydrogen-bond donors (Lipinski definition) is 1. The topological polar surface area (TPSA) is 38.3 Å². The normalized spacial score (nSPS) is 11.8. The van der Waals surface area contributed by atoms with Crippen molar-refractivity contribution in [1.82, 2.24) is 5.32 Å². The minimum absolute atomic E-state index is 0.150. The van der Waals surface area contributed by atoms with Gasteiger partial charge in [0.05, 0.1) is 6.04 Å². The van der Waals surface area contributed by atoms with E-state index in [1.807, 2.05) is 91.9 Å². The van der Waals surface area contributed by atoms with Crippen molar-refractivity contribution >= 4 is 5.91 Å². The molecule has 0 heterocycles. The van der Waals surface area contributed by atoms with Gasteiger partial charge in [-0.25, -0.2) is 0 Å². The van der Waals surface area contributed by atoms with Gasteiger partial charge in [-0.2, -0.15) is 0 Å². The zero-order chi connectivity index (χ0) is 18.4. The fraction of sp³-hybridized carbons (Fsp3) is 0.174. The van der Waals surface area contributed by atoms with Gasteiger partial charge in [-0.05, 0) is 37.1 Å². The molecule has 3 aromatic carbocycles. The van der Waals surface area contributed by atoms with E-state index in [1.165, 1.54) is 0 Å². The minimum atomic E-state index is -0.590. The Labute approximate surface area is 154 Å². The van der Waals surface area contributed by atoms with Crippen molar-refractivity contribution in [3.63, 3.8) is 0 Å². The summed E-state index contributed by atoms with van der Waals surface area (Å²) in [6.45, 7) is 3.78. The van der Waals surface area contributed by atoms with Crippen LogP contribution in [0.15, 0.2) is 84.9 Å². The highest BCUT2D eigenvalue weighted by molar-refractivity contribution is 5.81. The van der Waals surface area contributed by atoms with E-state index in [0.29, 0.717) is 5.75 Å². The van der Waals surface area contributed by atoms with Gasteiger partial charge in [-0.15, -0.1) is 0 Å². The Morgan fingerprint density at radius 2 is 1.31 bits per heavy atom. The summed E-state index contributed by atoms with van der Waals surface area (Å²) in [6, 6.07) is 27.4. The lowest BCUT2D eigenvalue weighted by Gasteiger charge is -2.22. The SMILES string of the molecule is Cc1ccc(O[C@H](C)C(=O)NC(c2ccccc2)c2ccccc2)cc1. The van der Waals surface area contributed by atoms with Gasteiger partial charge in [0.1, 0.15) is 5.75 Å². The first-order valence-corrected chi connectivity index (χ1v) is 8.77. The van der Waals surface area contributed by atoms with Crippen LogP contribution in [0.5, 0.6) is 5.75 Å². The smallest absolute Gasteiger partial charge is 0.261 e. The number of hydrogen-bond acceptors (Lipinski definition) is 2. The van der Waals surface area contributed by atoms with Crippen molar-refractivity contribution in [3.8, 4) is 5.75 Å². The zero-order valence-electron chi connectivity index (χ0n) is 15.1. The van der Waals surface area contributed by atoms with Gasteiger partial charge in [0.25, 0.3) is 5.91 Å². The van der Waals surface area contributed by atoms with Crippen molar-refractivity contribution in [3.05, 3.63) is 102 Å². The Morgan fingerprint density at radius 1 is 0.808 bits per heavy atom. The molecule has 0 aliphatic rings. The van der Waals surface area contributed by atoms with Gasteiger partial charge in [-0.1, -0.05) is 78.4 Å². The van der Waals surface area contributed by atoms with Crippen molar-refractivity contribution < 1.29 is 9.53 Å². The van der Waals surface area contributed by atoms with E-state index < -0.39 is 6.10 Å². The maximum atomic E-state index is 12.7. The molecule has 1 atom stereocenters. The number of carbonyl (C=O) groups is 1. The second-order valence-corrected chi connectivity index (χ2v) is 6.34. The molecule has 0 aliphatic heterocycles. The molecule has 3 rings (SSSR count). The lowest BCUT2D eigenvalue weighted by atomic mass is 9.98. The van der Waals surface area contributed by atoms with Crippen LogP contribution >= 0.6 is 0 Å². The van der Waals surface area contributed by atoms with Gasteiger partial charge >= 0.3 is 0 Å². The molecular formula is C23H23NO2. The van der Waals surface area contributed by atoms with E-state index in [9.17, 15) is 4.79 Å². The number of ether oxygens (including phenoxy) is 1. The molecule has 3 heteroatoms. The average Bonchev–Trinajstić information content (AvgIpc) is 2.69. The van der Waals surface area contributed by atoms with Crippen molar-refractivity contribution in [2.24, 2.45) is 0 Å². The van der Waals surface area contributed by atoms with Crippen LogP contribution in [0.1, 0.15) is 29.7 Å². The fourth-order valence-corrected chi connectivity index (χ4v) is 2.78. The van der Waals surface area contributed by atoms with E-state index in [1.54, 1.807) is 6.92 Å². The van der Waals surface area contributed by atoms with Gasteiger partial charge in [0.15, 0.2) is 6.10 Å². The monoisotopic (exact) mass is 345 g/mol. The van der Waals surface area contributed by atoms with Crippen LogP contribution < -0.4 is 10.1 Å². The van der Waals surface area contributed by atoms with Crippen LogP contribution in [-0.2, 0) is 4.79 Å². The molecule has 26 heavy (non-hydrogen) atoms. The Morgan fingerprint density at radius 3 is 1.81 bits per heavy atom. The molecular weight excluding hydrogens is 322 g/mol. The Bertz CT molecular complexity index is 790. The van der Waals surface area contributed by atoms with E-state index in [4.69, 9.17) is 4.74 Å². The van der Waals surface area contributed by atoms with Gasteiger partial charge in [0, 0.05) is 0 Å². The lowest BCUT2D eigenvalue weighted by molar-refractivity contribution is -0.127. The van der Waals surface area contributed by atoms with Crippen LogP contribution in [0.2, 0.25) is 0 Å². The maximum absolute atomic E-state index is 12.7. The van der Waals surface area contributed by atoms with E-state index in [-0.39, 0.29) is 11.9 Å². The summed E-state index contributed by atoms with van der Waals surface area (Å²) in [6.07, 6.45) is -0.590. The standard InChI is InChI=1S/C23H23NO2/c1-17-13-15-21(16-14-17)26-18(2)23(25)24-22(19-9-5-3-6-10-19)20-11-7-4-8-12-20/h3-16,18,22H,1-2H3,(H,24,25)/t18-/m1/s1. The predicted molar refractivity (Wildman–Crippen MR) is 104 cm³/mol. The van der Waals surface area contributed by atoms with Gasteiger partial charge in [-0.3, -0.25) is 4.79 Å². The molecule has 132 valence electrons. The number of benzene rings is 3. The molecule has 0 bridgehead atoms. The Kier molecular flexibility index (Phi) is 5.69.